The van der Waals surface area contributed by atoms with Crippen molar-refractivity contribution < 1.29 is 0 Å². The lowest BCUT2D eigenvalue weighted by molar-refractivity contribution is 1.03. The van der Waals surface area contributed by atoms with Gasteiger partial charge in [-0.2, -0.15) is 0 Å². The van der Waals surface area contributed by atoms with E-state index < -0.39 is 0 Å². The summed E-state index contributed by atoms with van der Waals surface area (Å²) in [6.07, 6.45) is 6.16. The van der Waals surface area contributed by atoms with E-state index in [9.17, 15) is 0 Å². The van der Waals surface area contributed by atoms with Crippen LogP contribution in [0.1, 0.15) is 19.3 Å². The maximum Gasteiger partial charge on any atom is 0.0170 e. The second kappa shape index (κ2) is 1.47. The molecule has 1 saturated carbocycles. The van der Waals surface area contributed by atoms with Gasteiger partial charge in [-0.3, -0.25) is 0 Å². The molecule has 0 atom stereocenters. The van der Waals surface area contributed by atoms with Gasteiger partial charge in [-0.1, -0.05) is 27.1 Å². The number of fused-ring (bicyclic) bond motifs is 2. The SMILES string of the molecule is BrC1=C2CCC(=C1)C2. The van der Waals surface area contributed by atoms with Gasteiger partial charge in [0.15, 0.2) is 0 Å². The summed E-state index contributed by atoms with van der Waals surface area (Å²) in [6, 6.07) is 0. The first-order valence-electron chi connectivity index (χ1n) is 2.93. The smallest absolute Gasteiger partial charge is 0.0170 e. The average molecular weight is 171 g/mol. The van der Waals surface area contributed by atoms with Crippen LogP contribution in [0.3, 0.4) is 0 Å². The monoisotopic (exact) mass is 170 g/mol. The molecule has 2 rings (SSSR count). The van der Waals surface area contributed by atoms with Crippen LogP contribution >= 0.6 is 15.9 Å². The van der Waals surface area contributed by atoms with Crippen molar-refractivity contribution in [1.82, 2.24) is 0 Å². The Hall–Kier alpha value is -0.0400. The van der Waals surface area contributed by atoms with Gasteiger partial charge in [0, 0.05) is 4.48 Å². The van der Waals surface area contributed by atoms with E-state index in [4.69, 9.17) is 0 Å². The molecule has 0 nitrogen and oxygen atoms in total. The van der Waals surface area contributed by atoms with E-state index in [0.29, 0.717) is 0 Å². The van der Waals surface area contributed by atoms with Gasteiger partial charge in [0.2, 0.25) is 0 Å². The molecule has 0 heterocycles. The highest BCUT2D eigenvalue weighted by molar-refractivity contribution is 9.11. The van der Waals surface area contributed by atoms with Crippen molar-refractivity contribution in [1.29, 1.82) is 0 Å². The first-order chi connectivity index (χ1) is 3.86. The zero-order valence-electron chi connectivity index (χ0n) is 4.58. The molecule has 0 unspecified atom stereocenters. The number of hydrogen-bond donors (Lipinski definition) is 0. The molecule has 0 aromatic carbocycles. The molecule has 2 aliphatic carbocycles. The minimum atomic E-state index is 1.26. The Morgan fingerprint density at radius 1 is 1.38 bits per heavy atom. The van der Waals surface area contributed by atoms with Crippen LogP contribution < -0.4 is 0 Å². The molecule has 42 valence electrons. The maximum absolute atomic E-state index is 3.50. The zero-order chi connectivity index (χ0) is 5.56. The molecule has 0 aliphatic heterocycles. The van der Waals surface area contributed by atoms with Crippen molar-refractivity contribution in [3.63, 3.8) is 0 Å². The van der Waals surface area contributed by atoms with Gasteiger partial charge >= 0.3 is 0 Å². The molecule has 1 fully saturated rings. The van der Waals surface area contributed by atoms with E-state index in [1.54, 1.807) is 11.1 Å². The summed E-state index contributed by atoms with van der Waals surface area (Å²) >= 11 is 3.50. The highest BCUT2D eigenvalue weighted by atomic mass is 79.9. The third-order valence-corrected chi connectivity index (χ3v) is 2.65. The predicted molar refractivity (Wildman–Crippen MR) is 37.9 cm³/mol. The molecule has 0 saturated heterocycles. The highest BCUT2D eigenvalue weighted by Gasteiger charge is 2.20. The molecule has 0 spiro atoms. The molecule has 0 amide bonds. The van der Waals surface area contributed by atoms with Crippen LogP contribution in [0.15, 0.2) is 21.7 Å². The van der Waals surface area contributed by atoms with Crippen LogP contribution in [0.4, 0.5) is 0 Å². The minimum Gasteiger partial charge on any atom is -0.0647 e. The Balaban J connectivity index is 2.47. The molecule has 0 N–H and O–H groups in total. The van der Waals surface area contributed by atoms with Crippen LogP contribution in [0.5, 0.6) is 0 Å². The second-order valence-corrected chi connectivity index (χ2v) is 3.29. The van der Waals surface area contributed by atoms with E-state index in [0.717, 1.165) is 0 Å². The maximum atomic E-state index is 3.50. The van der Waals surface area contributed by atoms with E-state index in [1.165, 1.54) is 23.7 Å². The summed E-state index contributed by atoms with van der Waals surface area (Å²) in [5, 5.41) is 0. The summed E-state index contributed by atoms with van der Waals surface area (Å²) < 4.78 is 1.36. The molecule has 8 heavy (non-hydrogen) atoms. The van der Waals surface area contributed by atoms with E-state index in [2.05, 4.69) is 22.0 Å². The number of halogens is 1. The fourth-order valence-electron chi connectivity index (χ4n) is 1.37. The molecule has 0 aromatic heterocycles. The second-order valence-electron chi connectivity index (χ2n) is 2.43. The van der Waals surface area contributed by atoms with Gasteiger partial charge in [0.25, 0.3) is 0 Å². The topological polar surface area (TPSA) is 0 Å². The first kappa shape index (κ1) is 4.80. The van der Waals surface area contributed by atoms with Crippen LogP contribution in [0.2, 0.25) is 0 Å². The zero-order valence-corrected chi connectivity index (χ0v) is 6.16. The molecule has 2 bridgehead atoms. The van der Waals surface area contributed by atoms with Gasteiger partial charge in [0.1, 0.15) is 0 Å². The lowest BCUT2D eigenvalue weighted by Gasteiger charge is -1.94. The summed E-state index contributed by atoms with van der Waals surface area (Å²) in [4.78, 5) is 0. The van der Waals surface area contributed by atoms with Gasteiger partial charge in [0.05, 0.1) is 0 Å². The Morgan fingerprint density at radius 2 is 2.25 bits per heavy atom. The van der Waals surface area contributed by atoms with E-state index >= 15 is 0 Å². The Labute approximate surface area is 57.4 Å². The van der Waals surface area contributed by atoms with Crippen LogP contribution in [0, 0.1) is 0 Å². The lowest BCUT2D eigenvalue weighted by Crippen LogP contribution is -1.73. The number of rotatable bonds is 0. The summed E-state index contributed by atoms with van der Waals surface area (Å²) in [7, 11) is 0. The number of hydrogen-bond acceptors (Lipinski definition) is 0. The standard InChI is InChI=1S/C7H7Br/c8-7-4-5-1-2-6(7)3-5/h4H,1-3H2. The van der Waals surface area contributed by atoms with Gasteiger partial charge in [-0.25, -0.2) is 0 Å². The molecule has 0 radical (unpaired) electrons. The fourth-order valence-corrected chi connectivity index (χ4v) is 2.03. The Bertz CT molecular complexity index is 187. The van der Waals surface area contributed by atoms with Gasteiger partial charge in [-0.05, 0) is 25.3 Å². The van der Waals surface area contributed by atoms with Crippen LogP contribution in [-0.2, 0) is 0 Å². The molecular weight excluding hydrogens is 164 g/mol. The van der Waals surface area contributed by atoms with Crippen LogP contribution in [-0.4, -0.2) is 0 Å². The van der Waals surface area contributed by atoms with Crippen molar-refractivity contribution in [2.24, 2.45) is 0 Å². The van der Waals surface area contributed by atoms with Crippen molar-refractivity contribution >= 4 is 15.9 Å². The van der Waals surface area contributed by atoms with Crippen molar-refractivity contribution in [2.45, 2.75) is 19.3 Å². The Kier molecular flexibility index (Phi) is 0.884. The molecule has 2 aliphatic rings. The lowest BCUT2D eigenvalue weighted by atomic mass is 10.2. The first-order valence-corrected chi connectivity index (χ1v) is 3.72. The molecule has 0 aromatic rings. The third kappa shape index (κ3) is 0.510. The highest BCUT2D eigenvalue weighted by Crippen LogP contribution is 2.41. The quantitative estimate of drug-likeness (QED) is 0.525. The summed E-state index contributed by atoms with van der Waals surface area (Å²) in [6.45, 7) is 0. The summed E-state index contributed by atoms with van der Waals surface area (Å²) in [5.41, 5.74) is 3.23. The minimum absolute atomic E-state index is 1.26. The summed E-state index contributed by atoms with van der Waals surface area (Å²) in [5.74, 6) is 0. The Morgan fingerprint density at radius 3 is 2.50 bits per heavy atom. The normalized spacial score (nSPS) is 24.9. The third-order valence-electron chi connectivity index (χ3n) is 1.86. The van der Waals surface area contributed by atoms with Crippen molar-refractivity contribution in [2.75, 3.05) is 0 Å². The van der Waals surface area contributed by atoms with Gasteiger partial charge in [-0.15, -0.1) is 0 Å². The van der Waals surface area contributed by atoms with Crippen molar-refractivity contribution in [3.05, 3.63) is 21.7 Å². The van der Waals surface area contributed by atoms with Gasteiger partial charge < -0.3 is 0 Å². The average Bonchev–Trinajstić information content (AvgIpc) is 2.23. The van der Waals surface area contributed by atoms with Crippen LogP contribution in [0.25, 0.3) is 0 Å². The molecule has 1 heteroatoms. The van der Waals surface area contributed by atoms with E-state index in [1.807, 2.05) is 0 Å². The largest absolute Gasteiger partial charge is 0.0647 e. The fraction of sp³-hybridized carbons (Fsp3) is 0.429. The van der Waals surface area contributed by atoms with E-state index in [-0.39, 0.29) is 0 Å². The number of allylic oxidation sites excluding steroid dienone is 4. The van der Waals surface area contributed by atoms with Crippen molar-refractivity contribution in [3.8, 4) is 0 Å². The molecular formula is C7H7Br. The predicted octanol–water partition coefficient (Wildman–Crippen LogP) is 2.76.